The number of thiophene rings is 1. The normalized spacial score (nSPS) is 11.7. The Labute approximate surface area is 137 Å². The number of rotatable bonds is 7. The molecule has 2 aromatic rings. The minimum absolute atomic E-state index is 0.0972. The van der Waals surface area contributed by atoms with Crippen molar-refractivity contribution in [3.8, 4) is 5.75 Å². The summed E-state index contributed by atoms with van der Waals surface area (Å²) in [6.45, 7) is 0.991. The van der Waals surface area contributed by atoms with E-state index in [1.54, 1.807) is 11.3 Å². The van der Waals surface area contributed by atoms with E-state index < -0.39 is 4.92 Å². The topological polar surface area (TPSA) is 85.9 Å². The van der Waals surface area contributed by atoms with E-state index in [1.807, 2.05) is 23.9 Å². The summed E-state index contributed by atoms with van der Waals surface area (Å²) in [4.78, 5) is 23.5. The number of nitro benzene ring substituents is 1. The quantitative estimate of drug-likeness (QED) is 0.590. The average molecular weight is 336 g/mol. The molecule has 1 unspecified atom stereocenters. The number of nitrogens with one attached hydrogen (secondary N) is 2. The predicted molar refractivity (Wildman–Crippen MR) is 88.1 cm³/mol. The van der Waals surface area contributed by atoms with E-state index >= 15 is 0 Å². The van der Waals surface area contributed by atoms with Crippen LogP contribution in [0.25, 0.3) is 0 Å². The van der Waals surface area contributed by atoms with Gasteiger partial charge in [-0.2, -0.15) is 11.3 Å². The zero-order chi connectivity index (χ0) is 16.8. The molecule has 0 fully saturated rings. The number of nitro groups is 1. The van der Waals surface area contributed by atoms with Gasteiger partial charge in [-0.25, -0.2) is 0 Å². The van der Waals surface area contributed by atoms with Crippen molar-refractivity contribution in [1.29, 1.82) is 0 Å². The average Bonchev–Trinajstić information content (AvgIpc) is 2.99. The van der Waals surface area contributed by atoms with Crippen LogP contribution in [0.5, 0.6) is 5.75 Å². The van der Waals surface area contributed by atoms with Crippen LogP contribution in [0.4, 0.5) is 11.4 Å². The number of hydrogen-bond donors (Lipinski definition) is 2. The Bertz CT molecular complexity index is 688. The summed E-state index contributed by atoms with van der Waals surface area (Å²) in [5.41, 5.74) is 1.38. The molecule has 7 nitrogen and oxygen atoms in total. The van der Waals surface area contributed by atoms with Crippen LogP contribution in [-0.4, -0.2) is 31.5 Å². The molecule has 0 spiro atoms. The molecule has 0 aliphatic carbocycles. The van der Waals surface area contributed by atoms with Crippen molar-refractivity contribution in [3.63, 3.8) is 0 Å². The standard InChI is InChI=1S/C15H17N3O4S/c1-17(8-11-5-6-23-10-11)9-15(19)16-13-7-12(18(20)21)3-4-14(13)22-2/h3-7,10H,8-9H2,1-2H3,(H,16,19)/p+1. The molecule has 0 saturated carbocycles. The lowest BCUT2D eigenvalue weighted by Gasteiger charge is -2.14. The second kappa shape index (κ2) is 7.70. The fourth-order valence-electron chi connectivity index (χ4n) is 2.18. The summed E-state index contributed by atoms with van der Waals surface area (Å²) < 4.78 is 5.13. The summed E-state index contributed by atoms with van der Waals surface area (Å²) in [6, 6.07) is 6.12. The number of ether oxygens (including phenoxy) is 1. The molecule has 1 aromatic heterocycles. The van der Waals surface area contributed by atoms with Gasteiger partial charge in [-0.15, -0.1) is 0 Å². The second-order valence-electron chi connectivity index (χ2n) is 5.13. The molecular weight excluding hydrogens is 318 g/mol. The zero-order valence-corrected chi connectivity index (χ0v) is 13.7. The van der Waals surface area contributed by atoms with Crippen LogP contribution < -0.4 is 15.0 Å². The minimum atomic E-state index is -0.511. The van der Waals surface area contributed by atoms with E-state index in [0.29, 0.717) is 11.4 Å². The maximum atomic E-state index is 12.1. The van der Waals surface area contributed by atoms with Crippen molar-refractivity contribution in [1.82, 2.24) is 0 Å². The number of methoxy groups -OCH3 is 1. The Hall–Kier alpha value is -2.45. The number of carbonyl (C=O) groups is 1. The Morgan fingerprint density at radius 1 is 1.43 bits per heavy atom. The number of amides is 1. The number of benzene rings is 1. The first-order valence-corrected chi connectivity index (χ1v) is 7.88. The smallest absolute Gasteiger partial charge is 0.279 e. The molecule has 1 atom stereocenters. The Balaban J connectivity index is 2.01. The van der Waals surface area contributed by atoms with E-state index in [2.05, 4.69) is 5.32 Å². The Kier molecular flexibility index (Phi) is 5.67. The van der Waals surface area contributed by atoms with Crippen molar-refractivity contribution >= 4 is 28.6 Å². The first-order chi connectivity index (χ1) is 11.0. The number of nitrogens with zero attached hydrogens (tertiary/aromatic N) is 1. The van der Waals surface area contributed by atoms with Gasteiger partial charge in [-0.05, 0) is 22.9 Å². The van der Waals surface area contributed by atoms with Crippen molar-refractivity contribution < 1.29 is 19.4 Å². The van der Waals surface area contributed by atoms with E-state index in [-0.39, 0.29) is 18.1 Å². The van der Waals surface area contributed by atoms with Gasteiger partial charge in [0.15, 0.2) is 6.54 Å². The van der Waals surface area contributed by atoms with Crippen LogP contribution in [0, 0.1) is 10.1 Å². The van der Waals surface area contributed by atoms with Gasteiger partial charge in [0.1, 0.15) is 12.3 Å². The third kappa shape index (κ3) is 4.76. The largest absolute Gasteiger partial charge is 0.495 e. The van der Waals surface area contributed by atoms with E-state index in [0.717, 1.165) is 11.4 Å². The fraction of sp³-hybridized carbons (Fsp3) is 0.267. The third-order valence-corrected chi connectivity index (χ3v) is 3.95. The van der Waals surface area contributed by atoms with Gasteiger partial charge in [0.25, 0.3) is 11.6 Å². The van der Waals surface area contributed by atoms with Crippen LogP contribution in [0.15, 0.2) is 35.0 Å². The monoisotopic (exact) mass is 336 g/mol. The van der Waals surface area contributed by atoms with Gasteiger partial charge in [0.05, 0.1) is 24.8 Å². The number of likely N-dealkylation sites (N-methyl/N-ethyl adjacent to an activating group) is 1. The van der Waals surface area contributed by atoms with Crippen LogP contribution in [0.2, 0.25) is 0 Å². The lowest BCUT2D eigenvalue weighted by atomic mass is 10.2. The van der Waals surface area contributed by atoms with Crippen molar-refractivity contribution in [2.75, 3.05) is 26.0 Å². The van der Waals surface area contributed by atoms with Gasteiger partial charge in [-0.1, -0.05) is 0 Å². The highest BCUT2D eigenvalue weighted by Crippen LogP contribution is 2.28. The van der Waals surface area contributed by atoms with Gasteiger partial charge in [-0.3, -0.25) is 14.9 Å². The van der Waals surface area contributed by atoms with Gasteiger partial charge in [0.2, 0.25) is 0 Å². The molecule has 1 aromatic carbocycles. The highest BCUT2D eigenvalue weighted by atomic mass is 32.1. The predicted octanol–water partition coefficient (Wildman–Crippen LogP) is 1.32. The summed E-state index contributed by atoms with van der Waals surface area (Å²) in [7, 11) is 3.37. The Morgan fingerprint density at radius 2 is 2.22 bits per heavy atom. The molecule has 0 saturated heterocycles. The highest BCUT2D eigenvalue weighted by Gasteiger charge is 2.16. The summed E-state index contributed by atoms with van der Waals surface area (Å²) in [5, 5.41) is 17.6. The first kappa shape index (κ1) is 16.9. The molecule has 2 N–H and O–H groups in total. The highest BCUT2D eigenvalue weighted by molar-refractivity contribution is 7.07. The molecule has 0 aliphatic heterocycles. The van der Waals surface area contributed by atoms with E-state index in [4.69, 9.17) is 4.74 Å². The molecule has 23 heavy (non-hydrogen) atoms. The number of anilines is 1. The second-order valence-corrected chi connectivity index (χ2v) is 5.91. The number of quaternary nitrogens is 1. The molecule has 2 rings (SSSR count). The minimum Gasteiger partial charge on any atom is -0.495 e. The van der Waals surface area contributed by atoms with Crippen LogP contribution in [0.1, 0.15) is 5.56 Å². The zero-order valence-electron chi connectivity index (χ0n) is 12.9. The Morgan fingerprint density at radius 3 is 2.83 bits per heavy atom. The number of carbonyl (C=O) groups excluding carboxylic acids is 1. The third-order valence-electron chi connectivity index (χ3n) is 3.22. The number of hydrogen-bond acceptors (Lipinski definition) is 5. The van der Waals surface area contributed by atoms with Crippen molar-refractivity contribution in [2.24, 2.45) is 0 Å². The molecule has 1 amide bonds. The summed E-state index contributed by atoms with van der Waals surface area (Å²) in [6.07, 6.45) is 0. The number of non-ortho nitro benzene ring substituents is 1. The maximum Gasteiger partial charge on any atom is 0.279 e. The van der Waals surface area contributed by atoms with Gasteiger partial charge >= 0.3 is 0 Å². The lowest BCUT2D eigenvalue weighted by molar-refractivity contribution is -0.885. The van der Waals surface area contributed by atoms with Gasteiger partial charge < -0.3 is 15.0 Å². The molecule has 1 heterocycles. The summed E-state index contributed by atoms with van der Waals surface area (Å²) in [5.74, 6) is 0.163. The molecule has 8 heteroatoms. The summed E-state index contributed by atoms with van der Waals surface area (Å²) >= 11 is 1.62. The van der Waals surface area contributed by atoms with Crippen LogP contribution in [-0.2, 0) is 11.3 Å². The lowest BCUT2D eigenvalue weighted by Crippen LogP contribution is -3.08. The van der Waals surface area contributed by atoms with E-state index in [1.165, 1.54) is 30.9 Å². The van der Waals surface area contributed by atoms with Crippen molar-refractivity contribution in [2.45, 2.75) is 6.54 Å². The SMILES string of the molecule is COc1ccc([N+](=O)[O-])cc1NC(=O)C[NH+](C)Cc1ccsc1. The molecular formula is C15H18N3O4S+. The van der Waals surface area contributed by atoms with Gasteiger partial charge in [0, 0.05) is 17.7 Å². The fourth-order valence-corrected chi connectivity index (χ4v) is 2.85. The molecule has 0 bridgehead atoms. The first-order valence-electron chi connectivity index (χ1n) is 6.94. The molecule has 122 valence electrons. The molecule has 0 aliphatic rings. The van der Waals surface area contributed by atoms with Crippen molar-refractivity contribution in [3.05, 3.63) is 50.7 Å². The van der Waals surface area contributed by atoms with Crippen LogP contribution in [0.3, 0.4) is 0 Å². The van der Waals surface area contributed by atoms with Crippen LogP contribution >= 0.6 is 11.3 Å². The molecule has 0 radical (unpaired) electrons. The van der Waals surface area contributed by atoms with E-state index in [9.17, 15) is 14.9 Å². The maximum absolute atomic E-state index is 12.1.